The Morgan fingerprint density at radius 2 is 1.77 bits per heavy atom. The summed E-state index contributed by atoms with van der Waals surface area (Å²) in [7, 11) is 0. The standard InChI is InChI=1S/C17H14F3N5O5/c1-7(2)25-13(27)8-4-3-5-9(10(8)14(25)28)22-23-11-12(26)21-16(30)24(15(11)29)6-17(18,19)20/h3-5,7,26H,6H2,1-2H3,(H,21,30). The van der Waals surface area contributed by atoms with E-state index < -0.39 is 53.4 Å². The Morgan fingerprint density at radius 3 is 2.37 bits per heavy atom. The van der Waals surface area contributed by atoms with Gasteiger partial charge in [-0.2, -0.15) is 13.2 Å². The molecule has 2 N–H and O–H groups in total. The number of H-pyrrole nitrogens is 1. The highest BCUT2D eigenvalue weighted by atomic mass is 19.4. The molecule has 10 nitrogen and oxygen atoms in total. The molecule has 0 radical (unpaired) electrons. The third-order valence-electron chi connectivity index (χ3n) is 4.18. The van der Waals surface area contributed by atoms with Crippen LogP contribution in [0.15, 0.2) is 38.0 Å². The van der Waals surface area contributed by atoms with Crippen LogP contribution < -0.4 is 11.2 Å². The van der Waals surface area contributed by atoms with Gasteiger partial charge in [0.15, 0.2) is 0 Å². The lowest BCUT2D eigenvalue weighted by molar-refractivity contribution is -0.141. The van der Waals surface area contributed by atoms with Gasteiger partial charge in [-0.25, -0.2) is 9.36 Å². The van der Waals surface area contributed by atoms with E-state index in [1.807, 2.05) is 0 Å². The molecule has 0 unspecified atom stereocenters. The number of rotatable bonds is 4. The van der Waals surface area contributed by atoms with Gasteiger partial charge >= 0.3 is 11.9 Å². The zero-order chi connectivity index (χ0) is 22.4. The van der Waals surface area contributed by atoms with E-state index in [1.54, 1.807) is 18.8 Å². The van der Waals surface area contributed by atoms with Gasteiger partial charge in [0.1, 0.15) is 6.54 Å². The summed E-state index contributed by atoms with van der Waals surface area (Å²) >= 11 is 0. The van der Waals surface area contributed by atoms with Crippen molar-refractivity contribution in [2.75, 3.05) is 0 Å². The maximum absolute atomic E-state index is 12.6. The van der Waals surface area contributed by atoms with E-state index in [1.165, 1.54) is 18.2 Å². The van der Waals surface area contributed by atoms with E-state index in [4.69, 9.17) is 0 Å². The molecule has 30 heavy (non-hydrogen) atoms. The number of azo groups is 1. The zero-order valence-corrected chi connectivity index (χ0v) is 15.5. The topological polar surface area (TPSA) is 137 Å². The second kappa shape index (κ2) is 7.24. The molecule has 0 bridgehead atoms. The van der Waals surface area contributed by atoms with Crippen molar-refractivity contribution in [2.24, 2.45) is 10.2 Å². The minimum absolute atomic E-state index is 0.0466. The van der Waals surface area contributed by atoms with Gasteiger partial charge in [-0.1, -0.05) is 6.07 Å². The quantitative estimate of drug-likeness (QED) is 0.572. The van der Waals surface area contributed by atoms with Crippen LogP contribution in [0.3, 0.4) is 0 Å². The molecule has 2 heterocycles. The molecule has 0 fully saturated rings. The van der Waals surface area contributed by atoms with Gasteiger partial charge in [0, 0.05) is 6.04 Å². The number of nitrogens with zero attached hydrogens (tertiary/aromatic N) is 4. The Balaban J connectivity index is 2.09. The normalized spacial score (nSPS) is 14.3. The molecule has 0 atom stereocenters. The minimum atomic E-state index is -4.88. The summed E-state index contributed by atoms with van der Waals surface area (Å²) in [5.74, 6) is -2.30. The van der Waals surface area contributed by atoms with Gasteiger partial charge in [-0.05, 0) is 26.0 Å². The summed E-state index contributed by atoms with van der Waals surface area (Å²) in [5, 5.41) is 16.8. The van der Waals surface area contributed by atoms with Crippen molar-refractivity contribution in [2.45, 2.75) is 32.6 Å². The Morgan fingerprint density at radius 1 is 1.10 bits per heavy atom. The molecule has 13 heteroatoms. The fraction of sp³-hybridized carbons (Fsp3) is 0.294. The third-order valence-corrected chi connectivity index (χ3v) is 4.18. The summed E-state index contributed by atoms with van der Waals surface area (Å²) in [6.45, 7) is 1.36. The number of amides is 2. The van der Waals surface area contributed by atoms with Crippen LogP contribution >= 0.6 is 0 Å². The SMILES string of the molecule is CC(C)N1C(=O)c2cccc(N=Nc3c(O)[nH]c(=O)n(CC(F)(F)F)c3=O)c2C1=O. The van der Waals surface area contributed by atoms with E-state index in [0.717, 1.165) is 4.90 Å². The van der Waals surface area contributed by atoms with Crippen molar-refractivity contribution in [1.29, 1.82) is 0 Å². The van der Waals surface area contributed by atoms with Crippen LogP contribution in [0.1, 0.15) is 34.6 Å². The lowest BCUT2D eigenvalue weighted by Gasteiger charge is -2.17. The van der Waals surface area contributed by atoms with E-state index in [2.05, 4.69) is 10.2 Å². The second-order valence-electron chi connectivity index (χ2n) is 6.61. The third kappa shape index (κ3) is 3.60. The zero-order valence-electron chi connectivity index (χ0n) is 15.5. The Hall–Kier alpha value is -3.77. The fourth-order valence-electron chi connectivity index (χ4n) is 2.90. The van der Waals surface area contributed by atoms with Crippen molar-refractivity contribution in [3.8, 4) is 5.88 Å². The number of aromatic hydroxyl groups is 1. The lowest BCUT2D eigenvalue weighted by atomic mass is 10.1. The summed E-state index contributed by atoms with van der Waals surface area (Å²) in [6, 6.07) is 3.65. The predicted molar refractivity (Wildman–Crippen MR) is 95.3 cm³/mol. The maximum atomic E-state index is 12.6. The highest BCUT2D eigenvalue weighted by Gasteiger charge is 2.39. The summed E-state index contributed by atoms with van der Waals surface area (Å²) in [5.41, 5.74) is -4.17. The molecule has 1 aromatic carbocycles. The fourth-order valence-corrected chi connectivity index (χ4v) is 2.90. The van der Waals surface area contributed by atoms with Gasteiger partial charge in [0.25, 0.3) is 17.4 Å². The van der Waals surface area contributed by atoms with Crippen molar-refractivity contribution in [1.82, 2.24) is 14.5 Å². The highest BCUT2D eigenvalue weighted by Crippen LogP contribution is 2.33. The van der Waals surface area contributed by atoms with E-state index in [0.29, 0.717) is 0 Å². The Bertz CT molecular complexity index is 1200. The minimum Gasteiger partial charge on any atom is -0.493 e. The van der Waals surface area contributed by atoms with Crippen LogP contribution in [0, 0.1) is 0 Å². The molecule has 0 aliphatic carbocycles. The molecule has 2 amide bonds. The van der Waals surface area contributed by atoms with Gasteiger partial charge in [-0.15, -0.1) is 10.2 Å². The molecular weight excluding hydrogens is 411 g/mol. The van der Waals surface area contributed by atoms with Gasteiger partial charge in [0.05, 0.1) is 16.8 Å². The molecule has 1 aliphatic rings. The monoisotopic (exact) mass is 425 g/mol. The second-order valence-corrected chi connectivity index (χ2v) is 6.61. The highest BCUT2D eigenvalue weighted by molar-refractivity contribution is 6.23. The first kappa shape index (κ1) is 21.0. The average molecular weight is 425 g/mol. The van der Waals surface area contributed by atoms with Crippen LogP contribution in [0.5, 0.6) is 5.88 Å². The number of alkyl halides is 3. The van der Waals surface area contributed by atoms with Crippen molar-refractivity contribution in [3.63, 3.8) is 0 Å². The first-order valence-electron chi connectivity index (χ1n) is 8.48. The van der Waals surface area contributed by atoms with Gasteiger partial charge in [0.2, 0.25) is 11.6 Å². The van der Waals surface area contributed by atoms with Crippen molar-refractivity contribution < 1.29 is 27.9 Å². The predicted octanol–water partition coefficient (Wildman–Crippen LogP) is 2.22. The molecular formula is C17H14F3N5O5. The number of carbonyl (C=O) groups is 2. The Labute approximate surface area is 165 Å². The number of carbonyl (C=O) groups excluding carboxylic acids is 2. The maximum Gasteiger partial charge on any atom is 0.406 e. The average Bonchev–Trinajstić information content (AvgIpc) is 2.89. The number of imide groups is 1. The molecule has 1 aromatic heterocycles. The lowest BCUT2D eigenvalue weighted by Crippen LogP contribution is -2.39. The number of aromatic amines is 1. The molecule has 1 aliphatic heterocycles. The van der Waals surface area contributed by atoms with Crippen molar-refractivity contribution in [3.05, 3.63) is 50.2 Å². The summed E-state index contributed by atoms with van der Waals surface area (Å²) in [6.07, 6.45) is -4.88. The first-order chi connectivity index (χ1) is 13.9. The van der Waals surface area contributed by atoms with Crippen LogP contribution in [-0.2, 0) is 6.54 Å². The molecule has 0 spiro atoms. The number of benzene rings is 1. The largest absolute Gasteiger partial charge is 0.493 e. The van der Waals surface area contributed by atoms with E-state index in [9.17, 15) is 37.5 Å². The smallest absolute Gasteiger partial charge is 0.406 e. The number of hydrogen-bond acceptors (Lipinski definition) is 7. The summed E-state index contributed by atoms with van der Waals surface area (Å²) in [4.78, 5) is 51.4. The Kier molecular flexibility index (Phi) is 5.06. The first-order valence-corrected chi connectivity index (χ1v) is 8.48. The number of hydrogen-bond donors (Lipinski definition) is 2. The van der Waals surface area contributed by atoms with Crippen LogP contribution in [0.25, 0.3) is 0 Å². The number of aromatic nitrogens is 2. The summed E-state index contributed by atoms with van der Waals surface area (Å²) < 4.78 is 37.6. The van der Waals surface area contributed by atoms with Crippen LogP contribution in [0.2, 0.25) is 0 Å². The van der Waals surface area contributed by atoms with Crippen molar-refractivity contribution >= 4 is 23.2 Å². The molecule has 3 rings (SSSR count). The number of fused-ring (bicyclic) bond motifs is 1. The molecule has 0 saturated heterocycles. The number of nitrogens with one attached hydrogen (secondary N) is 1. The van der Waals surface area contributed by atoms with Crippen LogP contribution in [-0.4, -0.2) is 43.6 Å². The molecule has 0 saturated carbocycles. The molecule has 158 valence electrons. The van der Waals surface area contributed by atoms with E-state index >= 15 is 0 Å². The van der Waals surface area contributed by atoms with Crippen LogP contribution in [0.4, 0.5) is 24.5 Å². The van der Waals surface area contributed by atoms with E-state index in [-0.39, 0.29) is 21.4 Å². The van der Waals surface area contributed by atoms with Gasteiger partial charge in [-0.3, -0.25) is 24.3 Å². The molecule has 2 aromatic rings. The van der Waals surface area contributed by atoms with Gasteiger partial charge < -0.3 is 5.11 Å². The number of halogens is 3.